The van der Waals surface area contributed by atoms with Crippen molar-refractivity contribution in [3.05, 3.63) is 63.7 Å². The molecule has 0 spiro atoms. The SMILES string of the molecule is CN(C)c1ccc([N+](=O)[O-])cc1C(=O)NCc1cccc(OCC(F)(F)F)c1. The van der Waals surface area contributed by atoms with Gasteiger partial charge in [-0.1, -0.05) is 12.1 Å². The van der Waals surface area contributed by atoms with Crippen molar-refractivity contribution < 1.29 is 27.6 Å². The van der Waals surface area contributed by atoms with E-state index in [-0.39, 0.29) is 23.5 Å². The number of rotatable bonds is 7. The maximum atomic E-state index is 12.5. The van der Waals surface area contributed by atoms with E-state index in [0.717, 1.165) is 0 Å². The second-order valence-corrected chi connectivity index (χ2v) is 6.09. The molecular formula is C18H18F3N3O4. The maximum absolute atomic E-state index is 12.5. The summed E-state index contributed by atoms with van der Waals surface area (Å²) >= 11 is 0. The summed E-state index contributed by atoms with van der Waals surface area (Å²) in [5, 5.41) is 13.6. The number of non-ortho nitro benzene ring substituents is 1. The molecule has 7 nitrogen and oxygen atoms in total. The van der Waals surface area contributed by atoms with Gasteiger partial charge in [0, 0.05) is 38.5 Å². The number of anilines is 1. The summed E-state index contributed by atoms with van der Waals surface area (Å²) in [6.45, 7) is -1.40. The topological polar surface area (TPSA) is 84.7 Å². The largest absolute Gasteiger partial charge is 0.484 e. The predicted molar refractivity (Wildman–Crippen MR) is 96.6 cm³/mol. The molecule has 28 heavy (non-hydrogen) atoms. The van der Waals surface area contributed by atoms with Gasteiger partial charge in [-0.3, -0.25) is 14.9 Å². The van der Waals surface area contributed by atoms with Crippen LogP contribution in [0.15, 0.2) is 42.5 Å². The monoisotopic (exact) mass is 397 g/mol. The summed E-state index contributed by atoms with van der Waals surface area (Å²) in [7, 11) is 3.39. The smallest absolute Gasteiger partial charge is 0.422 e. The van der Waals surface area contributed by atoms with Crippen LogP contribution in [0.2, 0.25) is 0 Å². The van der Waals surface area contributed by atoms with Crippen LogP contribution < -0.4 is 15.0 Å². The first-order chi connectivity index (χ1) is 13.1. The third kappa shape index (κ3) is 5.86. The third-order valence-corrected chi connectivity index (χ3v) is 3.67. The maximum Gasteiger partial charge on any atom is 0.422 e. The van der Waals surface area contributed by atoms with Gasteiger partial charge in [-0.25, -0.2) is 0 Å². The van der Waals surface area contributed by atoms with Crippen LogP contribution in [0.3, 0.4) is 0 Å². The highest BCUT2D eigenvalue weighted by molar-refractivity contribution is 6.00. The Balaban J connectivity index is 2.12. The molecule has 10 heteroatoms. The second kappa shape index (κ2) is 8.59. The van der Waals surface area contributed by atoms with Crippen molar-refractivity contribution in [2.45, 2.75) is 12.7 Å². The molecule has 0 aliphatic rings. The number of hydrogen-bond acceptors (Lipinski definition) is 5. The number of ether oxygens (including phenoxy) is 1. The van der Waals surface area contributed by atoms with Gasteiger partial charge in [-0.15, -0.1) is 0 Å². The van der Waals surface area contributed by atoms with Crippen molar-refractivity contribution in [1.82, 2.24) is 5.32 Å². The molecule has 0 aromatic heterocycles. The zero-order valence-electron chi connectivity index (χ0n) is 15.1. The van der Waals surface area contributed by atoms with Crippen LogP contribution in [-0.2, 0) is 6.54 Å². The van der Waals surface area contributed by atoms with Crippen molar-refractivity contribution in [2.75, 3.05) is 25.6 Å². The number of nitro benzene ring substituents is 1. The minimum absolute atomic E-state index is 0.0115. The second-order valence-electron chi connectivity index (χ2n) is 6.09. The van der Waals surface area contributed by atoms with E-state index >= 15 is 0 Å². The lowest BCUT2D eigenvalue weighted by molar-refractivity contribution is -0.384. The number of hydrogen-bond donors (Lipinski definition) is 1. The first-order valence-corrected chi connectivity index (χ1v) is 8.09. The number of nitrogens with one attached hydrogen (secondary N) is 1. The quantitative estimate of drug-likeness (QED) is 0.571. The first-order valence-electron chi connectivity index (χ1n) is 8.09. The molecule has 0 aliphatic heterocycles. The normalized spacial score (nSPS) is 11.0. The van der Waals surface area contributed by atoms with Gasteiger partial charge in [0.15, 0.2) is 6.61 Å². The fraction of sp³-hybridized carbons (Fsp3) is 0.278. The Morgan fingerprint density at radius 2 is 1.93 bits per heavy atom. The van der Waals surface area contributed by atoms with Crippen LogP contribution in [0.1, 0.15) is 15.9 Å². The zero-order chi connectivity index (χ0) is 20.9. The van der Waals surface area contributed by atoms with E-state index in [9.17, 15) is 28.1 Å². The molecule has 0 saturated carbocycles. The molecular weight excluding hydrogens is 379 g/mol. The predicted octanol–water partition coefficient (Wildman–Crippen LogP) is 3.53. The van der Waals surface area contributed by atoms with E-state index in [0.29, 0.717) is 11.3 Å². The average molecular weight is 397 g/mol. The van der Waals surface area contributed by atoms with Gasteiger partial charge in [-0.2, -0.15) is 13.2 Å². The molecule has 2 aromatic carbocycles. The molecule has 0 bridgehead atoms. The first kappa shape index (κ1) is 21.0. The fourth-order valence-corrected chi connectivity index (χ4v) is 2.40. The molecule has 2 rings (SSSR count). The summed E-state index contributed by atoms with van der Waals surface area (Å²) < 4.78 is 41.4. The van der Waals surface area contributed by atoms with Crippen LogP contribution in [-0.4, -0.2) is 37.7 Å². The molecule has 0 unspecified atom stereocenters. The molecule has 1 N–H and O–H groups in total. The van der Waals surface area contributed by atoms with E-state index in [1.807, 2.05) is 0 Å². The van der Waals surface area contributed by atoms with E-state index < -0.39 is 23.6 Å². The highest BCUT2D eigenvalue weighted by Crippen LogP contribution is 2.24. The van der Waals surface area contributed by atoms with E-state index in [1.165, 1.54) is 36.4 Å². The van der Waals surface area contributed by atoms with Crippen molar-refractivity contribution >= 4 is 17.3 Å². The number of amides is 1. The number of halogens is 3. The number of carbonyl (C=O) groups excluding carboxylic acids is 1. The number of carbonyl (C=O) groups is 1. The van der Waals surface area contributed by atoms with E-state index in [4.69, 9.17) is 0 Å². The van der Waals surface area contributed by atoms with Crippen molar-refractivity contribution in [2.24, 2.45) is 0 Å². The summed E-state index contributed by atoms with van der Waals surface area (Å²) in [6.07, 6.45) is -4.45. The van der Waals surface area contributed by atoms with Crippen LogP contribution in [0.5, 0.6) is 5.75 Å². The number of alkyl halides is 3. The molecule has 0 heterocycles. The van der Waals surface area contributed by atoms with Crippen molar-refractivity contribution in [3.63, 3.8) is 0 Å². The number of nitrogens with zero attached hydrogens (tertiary/aromatic N) is 2. The highest BCUT2D eigenvalue weighted by atomic mass is 19.4. The fourth-order valence-electron chi connectivity index (χ4n) is 2.40. The molecule has 0 saturated heterocycles. The average Bonchev–Trinajstić information content (AvgIpc) is 2.63. The minimum Gasteiger partial charge on any atom is -0.484 e. The number of benzene rings is 2. The number of nitro groups is 1. The van der Waals surface area contributed by atoms with Crippen LogP contribution in [0.4, 0.5) is 24.5 Å². The van der Waals surface area contributed by atoms with Crippen LogP contribution in [0.25, 0.3) is 0 Å². The van der Waals surface area contributed by atoms with Gasteiger partial charge in [-0.05, 0) is 23.8 Å². The highest BCUT2D eigenvalue weighted by Gasteiger charge is 2.28. The van der Waals surface area contributed by atoms with Gasteiger partial charge in [0.25, 0.3) is 11.6 Å². The Morgan fingerprint density at radius 3 is 2.54 bits per heavy atom. The Bertz CT molecular complexity index is 869. The lowest BCUT2D eigenvalue weighted by Gasteiger charge is -2.17. The van der Waals surface area contributed by atoms with Gasteiger partial charge in [0.05, 0.1) is 10.5 Å². The van der Waals surface area contributed by atoms with Gasteiger partial charge < -0.3 is 15.0 Å². The van der Waals surface area contributed by atoms with Crippen LogP contribution in [0, 0.1) is 10.1 Å². The molecule has 0 radical (unpaired) electrons. The van der Waals surface area contributed by atoms with E-state index in [1.54, 1.807) is 25.1 Å². The summed E-state index contributed by atoms with van der Waals surface area (Å²) in [4.78, 5) is 24.5. The Labute approximate surface area is 158 Å². The van der Waals surface area contributed by atoms with Crippen LogP contribution >= 0.6 is 0 Å². The van der Waals surface area contributed by atoms with Crippen molar-refractivity contribution in [3.8, 4) is 5.75 Å². The Hall–Kier alpha value is -3.30. The molecule has 0 aliphatic carbocycles. The van der Waals surface area contributed by atoms with Gasteiger partial charge >= 0.3 is 6.18 Å². The van der Waals surface area contributed by atoms with Gasteiger partial charge in [0.2, 0.25) is 0 Å². The molecule has 0 fully saturated rings. The Morgan fingerprint density at radius 1 is 1.21 bits per heavy atom. The third-order valence-electron chi connectivity index (χ3n) is 3.67. The zero-order valence-corrected chi connectivity index (χ0v) is 15.1. The standard InChI is InChI=1S/C18H18F3N3O4/c1-23(2)16-7-6-13(24(26)27)9-15(16)17(25)22-10-12-4-3-5-14(8-12)28-11-18(19,20)21/h3-9H,10-11H2,1-2H3,(H,22,25). The molecule has 150 valence electrons. The summed E-state index contributed by atoms with van der Waals surface area (Å²) in [5.41, 5.74) is 0.900. The minimum atomic E-state index is -4.45. The summed E-state index contributed by atoms with van der Waals surface area (Å²) in [5.74, 6) is -0.526. The summed E-state index contributed by atoms with van der Waals surface area (Å²) in [6, 6.07) is 9.82. The van der Waals surface area contributed by atoms with E-state index in [2.05, 4.69) is 10.1 Å². The molecule has 1 amide bonds. The molecule has 2 aromatic rings. The van der Waals surface area contributed by atoms with Gasteiger partial charge in [0.1, 0.15) is 5.75 Å². The van der Waals surface area contributed by atoms with Crippen molar-refractivity contribution in [1.29, 1.82) is 0 Å². The Kier molecular flexibility index (Phi) is 6.45. The lowest BCUT2D eigenvalue weighted by atomic mass is 10.1. The lowest BCUT2D eigenvalue weighted by Crippen LogP contribution is -2.25. The molecule has 0 atom stereocenters.